The van der Waals surface area contributed by atoms with Crippen molar-refractivity contribution < 1.29 is 14.7 Å². The zero-order chi connectivity index (χ0) is 21.4. The fourth-order valence-electron chi connectivity index (χ4n) is 3.51. The quantitative estimate of drug-likeness (QED) is 0.643. The lowest BCUT2D eigenvalue weighted by molar-refractivity contribution is -0.133. The van der Waals surface area contributed by atoms with Crippen LogP contribution in [0.15, 0.2) is 73.3 Å². The van der Waals surface area contributed by atoms with Gasteiger partial charge in [0.05, 0.1) is 6.04 Å². The van der Waals surface area contributed by atoms with E-state index in [-0.39, 0.29) is 17.9 Å². The summed E-state index contributed by atoms with van der Waals surface area (Å²) in [4.78, 5) is 28.1. The van der Waals surface area contributed by atoms with Gasteiger partial charge >= 0.3 is 6.09 Å². The maximum atomic E-state index is 13.1. The Labute approximate surface area is 173 Å². The summed E-state index contributed by atoms with van der Waals surface area (Å²) in [5.74, 6) is -0.249. The van der Waals surface area contributed by atoms with Gasteiger partial charge in [-0.2, -0.15) is 0 Å². The van der Waals surface area contributed by atoms with Crippen molar-refractivity contribution in [3.63, 3.8) is 0 Å². The van der Waals surface area contributed by atoms with Gasteiger partial charge in [-0.3, -0.25) is 9.69 Å². The highest BCUT2D eigenvalue weighted by molar-refractivity contribution is 5.82. The number of carbonyl (C=O) groups excluding carboxylic acids is 1. The highest BCUT2D eigenvalue weighted by Gasteiger charge is 2.36. The lowest BCUT2D eigenvalue weighted by atomic mass is 9.81. The van der Waals surface area contributed by atoms with E-state index in [0.29, 0.717) is 13.1 Å². The molecule has 1 N–H and O–H groups in total. The SMILES string of the molecule is C=CCN(Cc1ccccc1)C(=O)CN(C(=O)O)C(c1ccccc1)C(C)(C)C. The van der Waals surface area contributed by atoms with E-state index in [1.54, 1.807) is 11.0 Å². The number of amides is 2. The topological polar surface area (TPSA) is 60.9 Å². The fourth-order valence-corrected chi connectivity index (χ4v) is 3.51. The van der Waals surface area contributed by atoms with Crippen LogP contribution in [0.1, 0.15) is 37.9 Å². The largest absolute Gasteiger partial charge is 0.465 e. The minimum atomic E-state index is -1.11. The third-order valence-electron chi connectivity index (χ3n) is 4.72. The first kappa shape index (κ1) is 22.2. The first-order valence-electron chi connectivity index (χ1n) is 9.71. The van der Waals surface area contributed by atoms with E-state index in [1.807, 2.05) is 81.4 Å². The number of benzene rings is 2. The maximum Gasteiger partial charge on any atom is 0.408 e. The van der Waals surface area contributed by atoms with Crippen LogP contribution in [0, 0.1) is 5.41 Å². The third kappa shape index (κ3) is 6.21. The molecule has 0 aliphatic carbocycles. The molecule has 0 fully saturated rings. The number of hydrogen-bond donors (Lipinski definition) is 1. The Kier molecular flexibility index (Phi) is 7.59. The molecule has 0 heterocycles. The molecule has 2 amide bonds. The first-order chi connectivity index (χ1) is 13.7. The summed E-state index contributed by atoms with van der Waals surface area (Å²) in [6.07, 6.45) is 0.546. The molecule has 29 heavy (non-hydrogen) atoms. The molecule has 0 aliphatic heterocycles. The van der Waals surface area contributed by atoms with Crippen LogP contribution in [-0.2, 0) is 11.3 Å². The monoisotopic (exact) mass is 394 g/mol. The van der Waals surface area contributed by atoms with Crippen LogP contribution < -0.4 is 0 Å². The molecule has 0 spiro atoms. The molecule has 5 nitrogen and oxygen atoms in total. The number of carboxylic acid groups (broad SMARTS) is 1. The van der Waals surface area contributed by atoms with Crippen LogP contribution >= 0.6 is 0 Å². The normalized spacial score (nSPS) is 12.1. The molecule has 154 valence electrons. The predicted octanol–water partition coefficient (Wildman–Crippen LogP) is 4.97. The number of hydrogen-bond acceptors (Lipinski definition) is 2. The van der Waals surface area contributed by atoms with Crippen LogP contribution in [-0.4, -0.2) is 40.0 Å². The molecule has 2 aromatic rings. The molecule has 0 bridgehead atoms. The summed E-state index contributed by atoms with van der Waals surface area (Å²) in [5, 5.41) is 9.95. The Hall–Kier alpha value is -3.08. The standard InChI is InChI=1S/C24H30N2O3/c1-5-16-25(17-19-12-8-6-9-13-19)21(27)18-26(23(28)29)22(24(2,3)4)20-14-10-7-11-15-20/h5-15,22H,1,16-18H2,2-4H3,(H,28,29). The average molecular weight is 395 g/mol. The molecule has 2 aromatic carbocycles. The van der Waals surface area contributed by atoms with Crippen molar-refractivity contribution in [1.29, 1.82) is 0 Å². The highest BCUT2D eigenvalue weighted by Crippen LogP contribution is 2.38. The van der Waals surface area contributed by atoms with Gasteiger partial charge in [-0.1, -0.05) is 87.5 Å². The molecule has 1 unspecified atom stereocenters. The van der Waals surface area contributed by atoms with E-state index in [1.165, 1.54) is 4.90 Å². The Morgan fingerprint density at radius 2 is 1.59 bits per heavy atom. The van der Waals surface area contributed by atoms with Gasteiger partial charge in [0, 0.05) is 13.1 Å². The zero-order valence-electron chi connectivity index (χ0n) is 17.4. The average Bonchev–Trinajstić information content (AvgIpc) is 2.67. The zero-order valence-corrected chi connectivity index (χ0v) is 17.4. The maximum absolute atomic E-state index is 13.1. The highest BCUT2D eigenvalue weighted by atomic mass is 16.4. The van der Waals surface area contributed by atoms with E-state index in [9.17, 15) is 14.7 Å². The Morgan fingerprint density at radius 3 is 2.07 bits per heavy atom. The molecular weight excluding hydrogens is 364 g/mol. The molecule has 0 saturated carbocycles. The van der Waals surface area contributed by atoms with E-state index in [0.717, 1.165) is 11.1 Å². The number of nitrogens with zero attached hydrogens (tertiary/aromatic N) is 2. The second kappa shape index (κ2) is 9.92. The minimum Gasteiger partial charge on any atom is -0.465 e. The van der Waals surface area contributed by atoms with Crippen molar-refractivity contribution in [2.75, 3.05) is 13.1 Å². The van der Waals surface area contributed by atoms with Gasteiger partial charge in [-0.25, -0.2) is 4.79 Å². The molecular formula is C24H30N2O3. The predicted molar refractivity (Wildman–Crippen MR) is 115 cm³/mol. The van der Waals surface area contributed by atoms with Crippen LogP contribution in [0.4, 0.5) is 4.79 Å². The van der Waals surface area contributed by atoms with Crippen molar-refractivity contribution in [2.45, 2.75) is 33.4 Å². The van der Waals surface area contributed by atoms with Crippen molar-refractivity contribution in [3.8, 4) is 0 Å². The van der Waals surface area contributed by atoms with E-state index < -0.39 is 12.1 Å². The minimum absolute atomic E-state index is 0.215. The van der Waals surface area contributed by atoms with Crippen LogP contribution in [0.5, 0.6) is 0 Å². The van der Waals surface area contributed by atoms with Gasteiger partial charge in [-0.15, -0.1) is 6.58 Å². The van der Waals surface area contributed by atoms with Crippen molar-refractivity contribution >= 4 is 12.0 Å². The van der Waals surface area contributed by atoms with Gasteiger partial charge in [0.15, 0.2) is 0 Å². The summed E-state index contributed by atoms with van der Waals surface area (Å²) >= 11 is 0. The van der Waals surface area contributed by atoms with Crippen molar-refractivity contribution in [1.82, 2.24) is 9.80 Å². The van der Waals surface area contributed by atoms with E-state index >= 15 is 0 Å². The number of carbonyl (C=O) groups is 2. The second-order valence-corrected chi connectivity index (χ2v) is 8.14. The molecule has 5 heteroatoms. The van der Waals surface area contributed by atoms with Gasteiger partial charge in [0.25, 0.3) is 0 Å². The summed E-state index contributed by atoms with van der Waals surface area (Å²) in [5.41, 5.74) is 1.47. The molecule has 0 aliphatic rings. The molecule has 2 rings (SSSR count). The fraction of sp³-hybridized carbons (Fsp3) is 0.333. The summed E-state index contributed by atoms with van der Waals surface area (Å²) in [7, 11) is 0. The lowest BCUT2D eigenvalue weighted by Gasteiger charge is -2.39. The lowest BCUT2D eigenvalue weighted by Crippen LogP contribution is -2.47. The first-order valence-corrected chi connectivity index (χ1v) is 9.71. The van der Waals surface area contributed by atoms with Crippen LogP contribution in [0.2, 0.25) is 0 Å². The van der Waals surface area contributed by atoms with Gasteiger partial charge < -0.3 is 10.0 Å². The van der Waals surface area contributed by atoms with Crippen LogP contribution in [0.3, 0.4) is 0 Å². The van der Waals surface area contributed by atoms with Crippen LogP contribution in [0.25, 0.3) is 0 Å². The third-order valence-corrected chi connectivity index (χ3v) is 4.72. The molecule has 1 atom stereocenters. The van der Waals surface area contributed by atoms with E-state index in [2.05, 4.69) is 6.58 Å². The number of rotatable bonds is 8. The Morgan fingerprint density at radius 1 is 1.03 bits per heavy atom. The Bertz CT molecular complexity index is 813. The summed E-state index contributed by atoms with van der Waals surface area (Å²) < 4.78 is 0. The van der Waals surface area contributed by atoms with Gasteiger partial charge in [-0.05, 0) is 16.5 Å². The molecule has 0 aromatic heterocycles. The van der Waals surface area contributed by atoms with Crippen molar-refractivity contribution in [3.05, 3.63) is 84.4 Å². The summed E-state index contributed by atoms with van der Waals surface area (Å²) in [6.45, 7) is 10.2. The van der Waals surface area contributed by atoms with Gasteiger partial charge in [0.2, 0.25) is 5.91 Å². The summed E-state index contributed by atoms with van der Waals surface area (Å²) in [6, 6.07) is 18.7. The van der Waals surface area contributed by atoms with E-state index in [4.69, 9.17) is 0 Å². The van der Waals surface area contributed by atoms with Gasteiger partial charge in [0.1, 0.15) is 6.54 Å². The second-order valence-electron chi connectivity index (χ2n) is 8.14. The van der Waals surface area contributed by atoms with Crippen molar-refractivity contribution in [2.24, 2.45) is 5.41 Å². The smallest absolute Gasteiger partial charge is 0.408 e. The molecule has 0 saturated heterocycles. The Balaban J connectivity index is 2.29. The molecule has 0 radical (unpaired) electrons.